The van der Waals surface area contributed by atoms with Crippen LogP contribution in [0.4, 0.5) is 5.82 Å². The summed E-state index contributed by atoms with van der Waals surface area (Å²) in [5, 5.41) is 11.6. The minimum absolute atomic E-state index is 0.0665. The molecule has 0 aliphatic carbocycles. The van der Waals surface area contributed by atoms with Crippen LogP contribution < -0.4 is 9.63 Å². The molecule has 0 spiro atoms. The summed E-state index contributed by atoms with van der Waals surface area (Å²) in [5.41, 5.74) is 2.19. The van der Waals surface area contributed by atoms with Crippen LogP contribution in [0.1, 0.15) is 23.0 Å². The third-order valence-corrected chi connectivity index (χ3v) is 3.85. The third kappa shape index (κ3) is 1.76. The Kier molecular flexibility index (Phi) is 2.58. The predicted octanol–water partition coefficient (Wildman–Crippen LogP) is 0.821. The normalized spacial score (nSPS) is 19.6. The van der Waals surface area contributed by atoms with E-state index in [1.165, 1.54) is 0 Å². The van der Waals surface area contributed by atoms with Gasteiger partial charge in [-0.1, -0.05) is 30.3 Å². The molecular formula is C15H13N4O2+. The minimum atomic E-state index is -0.694. The van der Waals surface area contributed by atoms with E-state index in [0.29, 0.717) is 18.2 Å². The van der Waals surface area contributed by atoms with Crippen molar-refractivity contribution >= 4 is 17.8 Å². The Labute approximate surface area is 121 Å². The summed E-state index contributed by atoms with van der Waals surface area (Å²) in [4.78, 5) is 20.9. The smallest absolute Gasteiger partial charge is 0.294 e. The van der Waals surface area contributed by atoms with Crippen LogP contribution in [-0.2, 0) is 17.9 Å². The molecule has 4 rings (SSSR count). The van der Waals surface area contributed by atoms with Gasteiger partial charge in [0.15, 0.2) is 18.1 Å². The Morgan fingerprint density at radius 2 is 2.10 bits per heavy atom. The van der Waals surface area contributed by atoms with E-state index >= 15 is 0 Å². The molecule has 1 atom stereocenters. The second-order valence-electron chi connectivity index (χ2n) is 5.14. The van der Waals surface area contributed by atoms with Crippen molar-refractivity contribution in [2.45, 2.75) is 19.1 Å². The van der Waals surface area contributed by atoms with Crippen LogP contribution in [0.5, 0.6) is 0 Å². The third-order valence-electron chi connectivity index (χ3n) is 3.85. The highest BCUT2D eigenvalue weighted by Gasteiger charge is 2.44. The molecule has 0 saturated heterocycles. The zero-order chi connectivity index (χ0) is 14.4. The van der Waals surface area contributed by atoms with E-state index in [-0.39, 0.29) is 12.2 Å². The quantitative estimate of drug-likeness (QED) is 0.786. The lowest BCUT2D eigenvalue weighted by atomic mass is 9.95. The number of hydrogen-bond acceptors (Lipinski definition) is 5. The molecule has 6 nitrogen and oxygen atoms in total. The maximum absolute atomic E-state index is 12.4. The first-order valence-electron chi connectivity index (χ1n) is 6.73. The van der Waals surface area contributed by atoms with Crippen LogP contribution in [0, 0.1) is 0 Å². The second kappa shape index (κ2) is 4.46. The molecule has 1 N–H and O–H groups in total. The van der Waals surface area contributed by atoms with Crippen LogP contribution in [0.25, 0.3) is 0 Å². The first kappa shape index (κ1) is 12.2. The van der Waals surface area contributed by atoms with Gasteiger partial charge in [-0.3, -0.25) is 4.79 Å². The van der Waals surface area contributed by atoms with E-state index in [0.717, 1.165) is 16.3 Å². The first-order chi connectivity index (χ1) is 10.3. The number of rotatable bonds is 1. The lowest BCUT2D eigenvalue weighted by molar-refractivity contribution is -0.681. The summed E-state index contributed by atoms with van der Waals surface area (Å²) < 4.78 is 1.87. The van der Waals surface area contributed by atoms with Gasteiger partial charge in [-0.15, -0.1) is 5.06 Å². The molecule has 1 unspecified atom stereocenters. The van der Waals surface area contributed by atoms with Crippen LogP contribution >= 0.6 is 0 Å². The van der Waals surface area contributed by atoms with Crippen molar-refractivity contribution in [1.82, 2.24) is 4.98 Å². The Morgan fingerprint density at radius 3 is 2.90 bits per heavy atom. The number of anilines is 1. The zero-order valence-electron chi connectivity index (χ0n) is 11.2. The molecule has 6 heteroatoms. The summed E-state index contributed by atoms with van der Waals surface area (Å²) in [7, 11) is 0. The average molecular weight is 281 g/mol. The fraction of sp³-hybridized carbons (Fsp3) is 0.200. The molecule has 0 saturated carbocycles. The lowest BCUT2D eigenvalue weighted by Crippen LogP contribution is -2.49. The Bertz CT molecular complexity index is 758. The van der Waals surface area contributed by atoms with Crippen LogP contribution in [-0.4, -0.2) is 22.2 Å². The fourth-order valence-corrected chi connectivity index (χ4v) is 2.88. The van der Waals surface area contributed by atoms with Crippen molar-refractivity contribution in [2.75, 3.05) is 5.06 Å². The minimum Gasteiger partial charge on any atom is -0.294 e. The molecule has 0 fully saturated rings. The summed E-state index contributed by atoms with van der Waals surface area (Å²) in [6, 6.07) is 8.59. The number of carbonyl (C=O) groups is 1. The number of ketones is 1. The molecular weight excluding hydrogens is 268 g/mol. The number of aliphatic imine (C=N–C) groups is 1. The monoisotopic (exact) mass is 281 g/mol. The van der Waals surface area contributed by atoms with Gasteiger partial charge in [0.2, 0.25) is 6.04 Å². The maximum atomic E-state index is 12.4. The van der Waals surface area contributed by atoms with Gasteiger partial charge in [0.1, 0.15) is 5.69 Å². The number of carbonyl (C=O) groups excluding carboxylic acids is 1. The van der Waals surface area contributed by atoms with E-state index in [1.54, 1.807) is 12.4 Å². The highest BCUT2D eigenvalue weighted by Crippen LogP contribution is 2.32. The van der Waals surface area contributed by atoms with Crippen LogP contribution in [0.2, 0.25) is 0 Å². The number of benzene rings is 1. The van der Waals surface area contributed by atoms with Gasteiger partial charge in [0, 0.05) is 5.56 Å². The largest absolute Gasteiger partial charge is 0.332 e. The summed E-state index contributed by atoms with van der Waals surface area (Å²) in [6.45, 7) is 0.437. The summed E-state index contributed by atoms with van der Waals surface area (Å²) >= 11 is 0. The second-order valence-corrected chi connectivity index (χ2v) is 5.14. The van der Waals surface area contributed by atoms with Crippen LogP contribution in [0.15, 0.2) is 41.5 Å². The maximum Gasteiger partial charge on any atom is 0.332 e. The molecule has 2 aromatic rings. The van der Waals surface area contributed by atoms with Gasteiger partial charge in [0.05, 0.1) is 18.8 Å². The molecule has 2 aliphatic heterocycles. The fourth-order valence-electron chi connectivity index (χ4n) is 2.88. The molecule has 0 radical (unpaired) electrons. The predicted molar refractivity (Wildman–Crippen MR) is 74.2 cm³/mol. The van der Waals surface area contributed by atoms with Crippen molar-refractivity contribution in [1.29, 1.82) is 0 Å². The number of aromatic nitrogens is 2. The molecule has 21 heavy (non-hydrogen) atoms. The van der Waals surface area contributed by atoms with Gasteiger partial charge in [-0.05, 0) is 0 Å². The van der Waals surface area contributed by atoms with Gasteiger partial charge in [0.25, 0.3) is 0 Å². The Hall–Kier alpha value is -2.60. The van der Waals surface area contributed by atoms with Crippen molar-refractivity contribution in [3.05, 3.63) is 53.5 Å². The van der Waals surface area contributed by atoms with Crippen molar-refractivity contribution in [3.63, 3.8) is 0 Å². The van der Waals surface area contributed by atoms with Gasteiger partial charge >= 0.3 is 5.82 Å². The number of hydroxylamine groups is 1. The SMILES string of the molecule is O=C1Cc2ncc3[n+](c2N(O)C1c1ccccc1)CN=C3. The number of fused-ring (bicyclic) bond motifs is 3. The van der Waals surface area contributed by atoms with Gasteiger partial charge in [-0.2, -0.15) is 0 Å². The van der Waals surface area contributed by atoms with E-state index < -0.39 is 6.04 Å². The number of hydrogen-bond donors (Lipinski definition) is 1. The first-order valence-corrected chi connectivity index (χ1v) is 6.73. The molecule has 0 amide bonds. The van der Waals surface area contributed by atoms with Crippen molar-refractivity contribution < 1.29 is 14.6 Å². The highest BCUT2D eigenvalue weighted by atomic mass is 16.5. The van der Waals surface area contributed by atoms with E-state index in [1.807, 2.05) is 34.9 Å². The van der Waals surface area contributed by atoms with E-state index in [9.17, 15) is 10.0 Å². The Balaban J connectivity index is 1.85. The molecule has 104 valence electrons. The van der Waals surface area contributed by atoms with E-state index in [4.69, 9.17) is 0 Å². The van der Waals surface area contributed by atoms with Crippen LogP contribution in [0.3, 0.4) is 0 Å². The topological polar surface area (TPSA) is 69.7 Å². The Morgan fingerprint density at radius 1 is 1.29 bits per heavy atom. The highest BCUT2D eigenvalue weighted by molar-refractivity contribution is 5.92. The molecule has 1 aromatic carbocycles. The van der Waals surface area contributed by atoms with E-state index in [2.05, 4.69) is 9.98 Å². The average Bonchev–Trinajstić information content (AvgIpc) is 2.96. The number of Topliss-reactive ketones (excluding diaryl/α,β-unsaturated/α-hetero) is 1. The lowest BCUT2D eigenvalue weighted by Gasteiger charge is -2.26. The van der Waals surface area contributed by atoms with Crippen molar-refractivity contribution in [2.24, 2.45) is 4.99 Å². The van der Waals surface area contributed by atoms with Gasteiger partial charge in [-0.25, -0.2) is 19.8 Å². The molecule has 3 heterocycles. The zero-order valence-corrected chi connectivity index (χ0v) is 11.2. The summed E-state index contributed by atoms with van der Waals surface area (Å²) in [6.07, 6.45) is 3.61. The molecule has 0 bridgehead atoms. The van der Waals surface area contributed by atoms with Crippen molar-refractivity contribution in [3.8, 4) is 0 Å². The number of nitrogens with zero attached hydrogens (tertiary/aromatic N) is 4. The standard InChI is InChI=1S/C15H13N4O2/c20-13-6-12-15(18-9-16-7-11(18)8-17-12)19(21)14(13)10-4-2-1-3-5-10/h1-5,7-8,14,21H,6,9H2/q+1. The van der Waals surface area contributed by atoms with Gasteiger partial charge < -0.3 is 0 Å². The summed E-state index contributed by atoms with van der Waals surface area (Å²) in [5.74, 6) is 0.488. The molecule has 1 aromatic heterocycles. The molecule has 2 aliphatic rings.